The number of piperidine rings is 1. The van der Waals surface area contributed by atoms with Gasteiger partial charge in [-0.15, -0.1) is 0 Å². The molecule has 1 saturated heterocycles. The number of likely N-dealkylation sites (tertiary alicyclic amines) is 1. The lowest BCUT2D eigenvalue weighted by atomic mass is 10.00. The van der Waals surface area contributed by atoms with Crippen molar-refractivity contribution >= 4 is 5.91 Å². The summed E-state index contributed by atoms with van der Waals surface area (Å²) < 4.78 is 5.90. The van der Waals surface area contributed by atoms with Gasteiger partial charge >= 0.3 is 0 Å². The summed E-state index contributed by atoms with van der Waals surface area (Å²) in [6.07, 6.45) is 5.49. The minimum Gasteiger partial charge on any atom is -0.481 e. The molecule has 0 saturated carbocycles. The van der Waals surface area contributed by atoms with Crippen molar-refractivity contribution < 1.29 is 9.53 Å². The summed E-state index contributed by atoms with van der Waals surface area (Å²) in [6, 6.07) is 6.27. The van der Waals surface area contributed by atoms with Crippen LogP contribution in [0.25, 0.3) is 0 Å². The molecule has 3 nitrogen and oxygen atoms in total. The highest BCUT2D eigenvalue weighted by molar-refractivity contribution is 5.81. The van der Waals surface area contributed by atoms with E-state index in [1.54, 1.807) is 0 Å². The topological polar surface area (TPSA) is 29.5 Å². The lowest BCUT2D eigenvalue weighted by molar-refractivity contribution is -0.139. The molecule has 1 aliphatic carbocycles. The molecule has 1 heterocycles. The Hall–Kier alpha value is -1.51. The number of hydrogen-bond acceptors (Lipinski definition) is 2. The summed E-state index contributed by atoms with van der Waals surface area (Å²) in [7, 11) is 0. The summed E-state index contributed by atoms with van der Waals surface area (Å²) in [5, 5.41) is 0. The van der Waals surface area contributed by atoms with Gasteiger partial charge in [-0.2, -0.15) is 0 Å². The molecule has 3 heteroatoms. The second-order valence-corrected chi connectivity index (χ2v) is 6.58. The van der Waals surface area contributed by atoms with Crippen molar-refractivity contribution in [3.8, 4) is 5.75 Å². The van der Waals surface area contributed by atoms with Gasteiger partial charge in [0, 0.05) is 13.1 Å². The van der Waals surface area contributed by atoms with E-state index in [0.29, 0.717) is 5.92 Å². The molecule has 1 aromatic carbocycles. The van der Waals surface area contributed by atoms with Gasteiger partial charge in [0.1, 0.15) is 5.75 Å². The van der Waals surface area contributed by atoms with Gasteiger partial charge in [0.2, 0.25) is 0 Å². The van der Waals surface area contributed by atoms with Crippen LogP contribution in [-0.4, -0.2) is 30.0 Å². The number of carbonyl (C=O) groups is 1. The van der Waals surface area contributed by atoms with E-state index in [9.17, 15) is 4.79 Å². The van der Waals surface area contributed by atoms with Crippen LogP contribution in [0.4, 0.5) is 0 Å². The van der Waals surface area contributed by atoms with E-state index in [4.69, 9.17) is 4.74 Å². The van der Waals surface area contributed by atoms with Gasteiger partial charge in [-0.3, -0.25) is 4.79 Å². The highest BCUT2D eigenvalue weighted by atomic mass is 16.5. The molecule has 114 valence electrons. The number of rotatable bonds is 3. The van der Waals surface area contributed by atoms with Crippen LogP contribution in [0.2, 0.25) is 0 Å². The molecule has 1 aliphatic heterocycles. The Bertz CT molecular complexity index is 526. The minimum atomic E-state index is -0.394. The zero-order chi connectivity index (χ0) is 14.8. The van der Waals surface area contributed by atoms with Gasteiger partial charge in [0.15, 0.2) is 6.10 Å². The highest BCUT2D eigenvalue weighted by Crippen LogP contribution is 2.27. The molecule has 2 atom stereocenters. The molecule has 1 amide bonds. The predicted molar refractivity (Wildman–Crippen MR) is 83.5 cm³/mol. The zero-order valence-corrected chi connectivity index (χ0v) is 13.1. The number of nitrogens with zero attached hydrogens (tertiary/aromatic N) is 1. The molecular weight excluding hydrogens is 262 g/mol. The molecule has 0 unspecified atom stereocenters. The lowest BCUT2D eigenvalue weighted by Gasteiger charge is -2.32. The fraction of sp³-hybridized carbons (Fsp3) is 0.611. The van der Waals surface area contributed by atoms with Gasteiger partial charge in [-0.05, 0) is 68.2 Å². The predicted octanol–water partition coefficient (Wildman–Crippen LogP) is 3.20. The van der Waals surface area contributed by atoms with Crippen LogP contribution in [0.3, 0.4) is 0 Å². The van der Waals surface area contributed by atoms with E-state index >= 15 is 0 Å². The highest BCUT2D eigenvalue weighted by Gasteiger charge is 2.26. The number of ether oxygens (including phenoxy) is 1. The number of fused-ring (bicyclic) bond motifs is 1. The van der Waals surface area contributed by atoms with Crippen molar-refractivity contribution in [3.05, 3.63) is 29.3 Å². The van der Waals surface area contributed by atoms with Crippen molar-refractivity contribution in [2.45, 2.75) is 52.1 Å². The van der Waals surface area contributed by atoms with Crippen LogP contribution in [0.15, 0.2) is 18.2 Å². The molecule has 0 spiro atoms. The second kappa shape index (κ2) is 6.08. The van der Waals surface area contributed by atoms with Gasteiger partial charge in [0.25, 0.3) is 5.91 Å². The van der Waals surface area contributed by atoms with E-state index in [1.165, 1.54) is 30.4 Å². The average Bonchev–Trinajstić information content (AvgIpc) is 2.94. The van der Waals surface area contributed by atoms with Gasteiger partial charge in [-0.1, -0.05) is 13.0 Å². The summed E-state index contributed by atoms with van der Waals surface area (Å²) >= 11 is 0. The third kappa shape index (κ3) is 3.22. The van der Waals surface area contributed by atoms with Crippen LogP contribution < -0.4 is 4.74 Å². The maximum Gasteiger partial charge on any atom is 0.263 e. The Labute approximate surface area is 127 Å². The lowest BCUT2D eigenvalue weighted by Crippen LogP contribution is -2.45. The summed E-state index contributed by atoms with van der Waals surface area (Å²) in [5.41, 5.74) is 2.82. The molecule has 0 aromatic heterocycles. The summed E-state index contributed by atoms with van der Waals surface area (Å²) in [4.78, 5) is 14.4. The number of benzene rings is 1. The first-order valence-corrected chi connectivity index (χ1v) is 8.21. The number of amides is 1. The van der Waals surface area contributed by atoms with E-state index < -0.39 is 6.10 Å². The van der Waals surface area contributed by atoms with Gasteiger partial charge in [0.05, 0.1) is 0 Å². The number of aryl methyl sites for hydroxylation is 2. The van der Waals surface area contributed by atoms with E-state index in [-0.39, 0.29) is 5.91 Å². The van der Waals surface area contributed by atoms with Crippen molar-refractivity contribution in [1.29, 1.82) is 0 Å². The normalized spacial score (nSPS) is 22.8. The van der Waals surface area contributed by atoms with Crippen LogP contribution in [0.5, 0.6) is 5.75 Å². The first kappa shape index (κ1) is 14.4. The smallest absolute Gasteiger partial charge is 0.263 e. The summed E-state index contributed by atoms with van der Waals surface area (Å²) in [6.45, 7) is 5.83. The SMILES string of the molecule is C[C@H]1CCCN(C(=O)[C@H](C)Oc2ccc3c(c2)CCC3)C1. The third-order valence-electron chi connectivity index (χ3n) is 4.70. The van der Waals surface area contributed by atoms with Crippen LogP contribution in [-0.2, 0) is 17.6 Å². The number of carbonyl (C=O) groups excluding carboxylic acids is 1. The summed E-state index contributed by atoms with van der Waals surface area (Å²) in [5.74, 6) is 1.57. The molecule has 1 fully saturated rings. The molecule has 21 heavy (non-hydrogen) atoms. The fourth-order valence-corrected chi connectivity index (χ4v) is 3.52. The van der Waals surface area contributed by atoms with Crippen LogP contribution >= 0.6 is 0 Å². The van der Waals surface area contributed by atoms with Crippen molar-refractivity contribution in [2.75, 3.05) is 13.1 Å². The van der Waals surface area contributed by atoms with Crippen molar-refractivity contribution in [1.82, 2.24) is 4.90 Å². The molecule has 2 aliphatic rings. The Morgan fingerprint density at radius 3 is 2.90 bits per heavy atom. The van der Waals surface area contributed by atoms with Crippen LogP contribution in [0, 0.1) is 5.92 Å². The minimum absolute atomic E-state index is 0.127. The third-order valence-corrected chi connectivity index (χ3v) is 4.70. The maximum absolute atomic E-state index is 12.5. The van der Waals surface area contributed by atoms with E-state index in [2.05, 4.69) is 19.1 Å². The molecule has 3 rings (SSSR count). The standard InChI is InChI=1S/C18H25NO2/c1-13-5-4-10-19(12-13)18(20)14(2)21-17-9-8-15-6-3-7-16(15)11-17/h8-9,11,13-14H,3-7,10,12H2,1-2H3/t13-,14-/m0/s1. The molecule has 0 N–H and O–H groups in total. The van der Waals surface area contributed by atoms with Gasteiger partial charge < -0.3 is 9.64 Å². The average molecular weight is 287 g/mol. The van der Waals surface area contributed by atoms with E-state index in [1.807, 2.05) is 17.9 Å². The largest absolute Gasteiger partial charge is 0.481 e. The Balaban J connectivity index is 1.62. The Morgan fingerprint density at radius 1 is 1.29 bits per heavy atom. The molecule has 0 bridgehead atoms. The quantitative estimate of drug-likeness (QED) is 0.854. The number of hydrogen-bond donors (Lipinski definition) is 0. The second-order valence-electron chi connectivity index (χ2n) is 6.58. The van der Waals surface area contributed by atoms with Crippen molar-refractivity contribution in [3.63, 3.8) is 0 Å². The van der Waals surface area contributed by atoms with E-state index in [0.717, 1.165) is 31.7 Å². The molecule has 1 aromatic rings. The zero-order valence-electron chi connectivity index (χ0n) is 13.1. The Kier molecular flexibility index (Phi) is 4.18. The Morgan fingerprint density at radius 2 is 2.10 bits per heavy atom. The maximum atomic E-state index is 12.5. The van der Waals surface area contributed by atoms with Gasteiger partial charge in [-0.25, -0.2) is 0 Å². The van der Waals surface area contributed by atoms with Crippen LogP contribution in [0.1, 0.15) is 44.2 Å². The fourth-order valence-electron chi connectivity index (χ4n) is 3.52. The molecule has 0 radical (unpaired) electrons. The first-order chi connectivity index (χ1) is 10.1. The molecular formula is C18H25NO2. The monoisotopic (exact) mass is 287 g/mol. The van der Waals surface area contributed by atoms with Crippen molar-refractivity contribution in [2.24, 2.45) is 5.92 Å². The first-order valence-electron chi connectivity index (χ1n) is 8.21.